The van der Waals surface area contributed by atoms with Crippen molar-refractivity contribution in [3.63, 3.8) is 0 Å². The van der Waals surface area contributed by atoms with E-state index in [4.69, 9.17) is 16.3 Å². The van der Waals surface area contributed by atoms with Crippen LogP contribution in [-0.2, 0) is 4.79 Å². The number of nitrogens with one attached hydrogen (secondary N) is 1. The van der Waals surface area contributed by atoms with Crippen molar-refractivity contribution in [1.29, 1.82) is 0 Å². The molecule has 4 rings (SSSR count). The largest absolute Gasteiger partial charge is 0.494 e. The zero-order valence-electron chi connectivity index (χ0n) is 18.6. The van der Waals surface area contributed by atoms with E-state index >= 15 is 0 Å². The van der Waals surface area contributed by atoms with Gasteiger partial charge in [0.15, 0.2) is 11.0 Å². The summed E-state index contributed by atoms with van der Waals surface area (Å²) >= 11 is 8.92. The second-order valence-electron chi connectivity index (χ2n) is 7.07. The van der Waals surface area contributed by atoms with Crippen LogP contribution in [0.2, 0.25) is 5.02 Å². The Hall–Kier alpha value is -3.14. The molecule has 0 unspecified atom stereocenters. The van der Waals surface area contributed by atoms with Crippen LogP contribution < -0.4 is 10.2 Å². The van der Waals surface area contributed by atoms with Gasteiger partial charge in [-0.05, 0) is 73.8 Å². The highest BCUT2D eigenvalue weighted by molar-refractivity contribution is 7.99. The van der Waals surface area contributed by atoms with Crippen molar-refractivity contribution >= 4 is 46.3 Å². The van der Waals surface area contributed by atoms with E-state index in [2.05, 4.69) is 20.7 Å². The minimum atomic E-state index is -0.227. The SMILES string of the molecule is CCOc1ccc(-n2c(SCC(=O)NN=C(C)c3cccs3)nnc2-c2ccc(Cl)cc2)cc1. The standard InChI is InChI=1S/C24H22ClN5O2S2/c1-3-32-20-12-10-19(11-13-20)30-23(17-6-8-18(25)9-7-17)28-29-24(30)34-15-22(31)27-26-16(2)21-5-4-14-33-21/h4-14H,3,15H2,1-2H3,(H,27,31). The second-order valence-corrected chi connectivity index (χ2v) is 9.40. The summed E-state index contributed by atoms with van der Waals surface area (Å²) in [6.07, 6.45) is 0. The minimum absolute atomic E-state index is 0.136. The molecule has 10 heteroatoms. The first-order valence-electron chi connectivity index (χ1n) is 10.5. The molecule has 34 heavy (non-hydrogen) atoms. The molecule has 174 valence electrons. The van der Waals surface area contributed by atoms with Crippen LogP contribution in [0, 0.1) is 0 Å². The number of carbonyl (C=O) groups excluding carboxylic acids is 1. The highest BCUT2D eigenvalue weighted by Gasteiger charge is 2.17. The molecule has 0 aliphatic rings. The lowest BCUT2D eigenvalue weighted by Crippen LogP contribution is -2.21. The van der Waals surface area contributed by atoms with E-state index in [1.54, 1.807) is 11.3 Å². The molecule has 4 aromatic rings. The molecule has 0 atom stereocenters. The van der Waals surface area contributed by atoms with E-state index in [9.17, 15) is 4.79 Å². The van der Waals surface area contributed by atoms with Gasteiger partial charge in [-0.1, -0.05) is 29.4 Å². The van der Waals surface area contributed by atoms with Crippen LogP contribution >= 0.6 is 34.7 Å². The molecular weight excluding hydrogens is 490 g/mol. The third-order valence-corrected chi connectivity index (χ3v) is 6.86. The molecule has 0 radical (unpaired) electrons. The molecule has 2 aromatic heterocycles. The number of aromatic nitrogens is 3. The van der Waals surface area contributed by atoms with Gasteiger partial charge in [-0.2, -0.15) is 5.10 Å². The van der Waals surface area contributed by atoms with Gasteiger partial charge in [0.2, 0.25) is 0 Å². The van der Waals surface area contributed by atoms with Crippen LogP contribution in [0.5, 0.6) is 5.75 Å². The van der Waals surface area contributed by atoms with Crippen molar-refractivity contribution in [2.24, 2.45) is 5.10 Å². The molecule has 0 spiro atoms. The molecule has 0 saturated carbocycles. The van der Waals surface area contributed by atoms with Crippen molar-refractivity contribution in [3.05, 3.63) is 75.9 Å². The van der Waals surface area contributed by atoms with Gasteiger partial charge in [0, 0.05) is 21.2 Å². The van der Waals surface area contributed by atoms with Crippen molar-refractivity contribution in [2.75, 3.05) is 12.4 Å². The maximum absolute atomic E-state index is 12.4. The van der Waals surface area contributed by atoms with E-state index < -0.39 is 0 Å². The first kappa shape index (κ1) is 24.0. The number of amides is 1. The summed E-state index contributed by atoms with van der Waals surface area (Å²) in [5.74, 6) is 1.34. The van der Waals surface area contributed by atoms with Gasteiger partial charge in [0.05, 0.1) is 18.1 Å². The number of halogens is 1. The van der Waals surface area contributed by atoms with E-state index in [1.807, 2.05) is 84.5 Å². The third-order valence-electron chi connectivity index (χ3n) is 4.70. The van der Waals surface area contributed by atoms with Gasteiger partial charge >= 0.3 is 0 Å². The smallest absolute Gasteiger partial charge is 0.250 e. The van der Waals surface area contributed by atoms with Crippen LogP contribution in [0.1, 0.15) is 18.7 Å². The van der Waals surface area contributed by atoms with Gasteiger partial charge in [0.1, 0.15) is 5.75 Å². The fraction of sp³-hybridized carbons (Fsp3) is 0.167. The minimum Gasteiger partial charge on any atom is -0.494 e. The zero-order chi connectivity index (χ0) is 23.9. The van der Waals surface area contributed by atoms with Gasteiger partial charge < -0.3 is 4.74 Å². The van der Waals surface area contributed by atoms with Crippen LogP contribution in [0.25, 0.3) is 17.1 Å². The normalized spacial score (nSPS) is 11.4. The molecule has 1 N–H and O–H groups in total. The lowest BCUT2D eigenvalue weighted by atomic mass is 10.2. The quantitative estimate of drug-likeness (QED) is 0.177. The molecule has 0 fully saturated rings. The monoisotopic (exact) mass is 511 g/mol. The Bertz CT molecular complexity index is 1270. The van der Waals surface area contributed by atoms with Crippen molar-refractivity contribution in [3.8, 4) is 22.8 Å². The average Bonchev–Trinajstić information content (AvgIpc) is 3.53. The van der Waals surface area contributed by atoms with Crippen LogP contribution in [0.3, 0.4) is 0 Å². The first-order chi connectivity index (χ1) is 16.5. The molecule has 2 aromatic carbocycles. The van der Waals surface area contributed by atoms with Gasteiger partial charge in [-0.25, -0.2) is 5.43 Å². The van der Waals surface area contributed by atoms with E-state index in [0.717, 1.165) is 27.6 Å². The number of carbonyl (C=O) groups is 1. The predicted octanol–water partition coefficient (Wildman–Crippen LogP) is 5.68. The number of benzene rings is 2. The summed E-state index contributed by atoms with van der Waals surface area (Å²) in [5, 5.41) is 16.1. The van der Waals surface area contributed by atoms with Gasteiger partial charge in [0.25, 0.3) is 5.91 Å². The summed E-state index contributed by atoms with van der Waals surface area (Å²) in [6.45, 7) is 4.39. The van der Waals surface area contributed by atoms with Crippen molar-refractivity contribution in [2.45, 2.75) is 19.0 Å². The lowest BCUT2D eigenvalue weighted by Gasteiger charge is -2.11. The van der Waals surface area contributed by atoms with Crippen LogP contribution in [-0.4, -0.2) is 38.7 Å². The number of hydrogen-bond acceptors (Lipinski definition) is 7. The topological polar surface area (TPSA) is 81.4 Å². The molecule has 0 aliphatic carbocycles. The molecule has 1 amide bonds. The Morgan fingerprint density at radius 2 is 1.91 bits per heavy atom. The number of nitrogens with zero attached hydrogens (tertiary/aromatic N) is 4. The maximum Gasteiger partial charge on any atom is 0.250 e. The molecule has 7 nitrogen and oxygen atoms in total. The summed E-state index contributed by atoms with van der Waals surface area (Å²) in [7, 11) is 0. The lowest BCUT2D eigenvalue weighted by molar-refractivity contribution is -0.118. The second kappa shape index (κ2) is 11.3. The van der Waals surface area contributed by atoms with E-state index in [0.29, 0.717) is 22.6 Å². The Morgan fingerprint density at radius 3 is 2.59 bits per heavy atom. The van der Waals surface area contributed by atoms with Crippen molar-refractivity contribution in [1.82, 2.24) is 20.2 Å². The Morgan fingerprint density at radius 1 is 1.15 bits per heavy atom. The molecule has 0 aliphatic heterocycles. The fourth-order valence-corrected chi connectivity index (χ4v) is 4.64. The Labute approximate surface area is 210 Å². The van der Waals surface area contributed by atoms with Crippen LogP contribution in [0.15, 0.2) is 76.3 Å². The number of hydrazone groups is 1. The summed E-state index contributed by atoms with van der Waals surface area (Å²) in [4.78, 5) is 13.5. The van der Waals surface area contributed by atoms with E-state index in [1.165, 1.54) is 11.8 Å². The zero-order valence-corrected chi connectivity index (χ0v) is 21.0. The number of thiophene rings is 1. The first-order valence-corrected chi connectivity index (χ1v) is 12.7. The number of rotatable bonds is 9. The predicted molar refractivity (Wildman–Crippen MR) is 138 cm³/mol. The van der Waals surface area contributed by atoms with Gasteiger partial charge in [-0.15, -0.1) is 21.5 Å². The Kier molecular flexibility index (Phi) is 7.99. The Balaban J connectivity index is 1.56. The van der Waals surface area contributed by atoms with E-state index in [-0.39, 0.29) is 11.7 Å². The molecular formula is C24H22ClN5O2S2. The fourth-order valence-electron chi connectivity index (χ4n) is 3.09. The van der Waals surface area contributed by atoms with Crippen LogP contribution in [0.4, 0.5) is 0 Å². The summed E-state index contributed by atoms with van der Waals surface area (Å²) in [6, 6.07) is 19.0. The maximum atomic E-state index is 12.4. The highest BCUT2D eigenvalue weighted by atomic mass is 35.5. The molecule has 0 saturated heterocycles. The average molecular weight is 512 g/mol. The van der Waals surface area contributed by atoms with Crippen molar-refractivity contribution < 1.29 is 9.53 Å². The van der Waals surface area contributed by atoms with Gasteiger partial charge in [-0.3, -0.25) is 9.36 Å². The molecule has 2 heterocycles. The number of ether oxygens (including phenoxy) is 1. The summed E-state index contributed by atoms with van der Waals surface area (Å²) in [5.41, 5.74) is 5.09. The number of hydrogen-bond donors (Lipinski definition) is 1. The highest BCUT2D eigenvalue weighted by Crippen LogP contribution is 2.29. The summed E-state index contributed by atoms with van der Waals surface area (Å²) < 4.78 is 7.48. The number of thioether (sulfide) groups is 1. The third kappa shape index (κ3) is 5.85. The molecule has 0 bridgehead atoms.